The van der Waals surface area contributed by atoms with Crippen molar-refractivity contribution in [1.82, 2.24) is 5.32 Å². The lowest BCUT2D eigenvalue weighted by molar-refractivity contribution is 0.198. The van der Waals surface area contributed by atoms with Crippen LogP contribution in [0.5, 0.6) is 5.75 Å². The molecule has 0 amide bonds. The highest BCUT2D eigenvalue weighted by molar-refractivity contribution is 7.91. The van der Waals surface area contributed by atoms with Gasteiger partial charge < -0.3 is 14.8 Å². The van der Waals surface area contributed by atoms with E-state index in [9.17, 15) is 8.42 Å². The maximum absolute atomic E-state index is 11.5. The molecule has 0 bridgehead atoms. The molecule has 1 aromatic rings. The third-order valence-corrected chi connectivity index (χ3v) is 5.36. The topological polar surface area (TPSA) is 64.6 Å². The summed E-state index contributed by atoms with van der Waals surface area (Å²) in [7, 11) is -1.32. The first kappa shape index (κ1) is 16.5. The van der Waals surface area contributed by atoms with Gasteiger partial charge in [-0.25, -0.2) is 8.42 Å². The van der Waals surface area contributed by atoms with Crippen LogP contribution in [0.4, 0.5) is 0 Å². The van der Waals surface area contributed by atoms with Crippen LogP contribution in [0.1, 0.15) is 12.0 Å². The van der Waals surface area contributed by atoms with E-state index in [0.29, 0.717) is 30.3 Å². The smallest absolute Gasteiger partial charge is 0.154 e. The summed E-state index contributed by atoms with van der Waals surface area (Å²) >= 11 is 6.19. The number of nitrogens with one attached hydrogen (secondary N) is 1. The zero-order valence-electron chi connectivity index (χ0n) is 12.0. The molecule has 0 spiro atoms. The second-order valence-electron chi connectivity index (χ2n) is 5.04. The Morgan fingerprint density at radius 2 is 2.24 bits per heavy atom. The molecule has 5 nitrogen and oxygen atoms in total. The van der Waals surface area contributed by atoms with Crippen LogP contribution < -0.4 is 10.1 Å². The monoisotopic (exact) mass is 333 g/mol. The first-order chi connectivity index (χ1) is 10.0. The fourth-order valence-corrected chi connectivity index (χ4v) is 4.07. The van der Waals surface area contributed by atoms with Crippen LogP contribution in [-0.4, -0.2) is 46.3 Å². The van der Waals surface area contributed by atoms with E-state index in [2.05, 4.69) is 5.32 Å². The van der Waals surface area contributed by atoms with Crippen LogP contribution in [0.2, 0.25) is 5.02 Å². The van der Waals surface area contributed by atoms with Gasteiger partial charge in [-0.2, -0.15) is 0 Å². The Kier molecular flexibility index (Phi) is 5.87. The molecule has 21 heavy (non-hydrogen) atoms. The number of para-hydroxylation sites is 1. The van der Waals surface area contributed by atoms with Crippen LogP contribution in [0.25, 0.3) is 0 Å². The van der Waals surface area contributed by atoms with Crippen LogP contribution in [0, 0.1) is 0 Å². The van der Waals surface area contributed by atoms with Crippen LogP contribution in [0.3, 0.4) is 0 Å². The molecule has 0 aliphatic carbocycles. The van der Waals surface area contributed by atoms with Gasteiger partial charge in [0.05, 0.1) is 23.1 Å². The van der Waals surface area contributed by atoms with Gasteiger partial charge in [-0.15, -0.1) is 0 Å². The van der Waals surface area contributed by atoms with Crippen molar-refractivity contribution in [3.8, 4) is 5.75 Å². The lowest BCUT2D eigenvalue weighted by Gasteiger charge is -2.17. The van der Waals surface area contributed by atoms with Crippen LogP contribution >= 0.6 is 11.6 Å². The average Bonchev–Trinajstić information content (AvgIpc) is 2.77. The molecule has 1 saturated heterocycles. The molecule has 0 saturated carbocycles. The van der Waals surface area contributed by atoms with Crippen molar-refractivity contribution in [1.29, 1.82) is 0 Å². The Morgan fingerprint density at radius 1 is 1.43 bits per heavy atom. The highest BCUT2D eigenvalue weighted by Gasteiger charge is 2.30. The van der Waals surface area contributed by atoms with Gasteiger partial charge >= 0.3 is 0 Å². The lowest BCUT2D eigenvalue weighted by Crippen LogP contribution is -2.22. The Bertz CT molecular complexity index is 576. The molecule has 2 rings (SSSR count). The van der Waals surface area contributed by atoms with Crippen LogP contribution in [0.15, 0.2) is 18.2 Å². The summed E-state index contributed by atoms with van der Waals surface area (Å²) in [6, 6.07) is 5.53. The number of sulfone groups is 1. The Labute approximate surface area is 130 Å². The SMILES string of the molecule is COCCNCc1cccc(Cl)c1OC1CCS(=O)(=O)C1. The third-order valence-electron chi connectivity index (χ3n) is 3.32. The molecular weight excluding hydrogens is 314 g/mol. The quantitative estimate of drug-likeness (QED) is 0.768. The number of benzene rings is 1. The Balaban J connectivity index is 2.03. The maximum Gasteiger partial charge on any atom is 0.154 e. The molecular formula is C14H20ClNO4S. The van der Waals surface area contributed by atoms with Crippen LogP contribution in [-0.2, 0) is 21.1 Å². The van der Waals surface area contributed by atoms with Gasteiger partial charge in [0, 0.05) is 25.8 Å². The normalized spacial score (nSPS) is 20.6. The molecule has 1 N–H and O–H groups in total. The van der Waals surface area contributed by atoms with Crippen molar-refractivity contribution in [3.63, 3.8) is 0 Å². The molecule has 1 atom stereocenters. The molecule has 0 aromatic heterocycles. The summed E-state index contributed by atoms with van der Waals surface area (Å²) in [6.45, 7) is 1.94. The van der Waals surface area contributed by atoms with Crippen molar-refractivity contribution >= 4 is 21.4 Å². The van der Waals surface area contributed by atoms with E-state index in [-0.39, 0.29) is 17.6 Å². The summed E-state index contributed by atoms with van der Waals surface area (Å²) < 4.78 is 33.8. The summed E-state index contributed by atoms with van der Waals surface area (Å²) in [6.07, 6.45) is 0.206. The van der Waals surface area contributed by atoms with E-state index in [1.165, 1.54) is 0 Å². The fraction of sp³-hybridized carbons (Fsp3) is 0.571. The standard InChI is InChI=1S/C14H20ClNO4S/c1-19-7-6-16-9-11-3-2-4-13(15)14(11)20-12-5-8-21(17,18)10-12/h2-4,12,16H,5-10H2,1H3. The van der Waals surface area contributed by atoms with Crippen molar-refractivity contribution in [3.05, 3.63) is 28.8 Å². The highest BCUT2D eigenvalue weighted by atomic mass is 35.5. The van der Waals surface area contributed by atoms with Gasteiger partial charge in [-0.3, -0.25) is 0 Å². The van der Waals surface area contributed by atoms with E-state index in [4.69, 9.17) is 21.1 Å². The van der Waals surface area contributed by atoms with E-state index in [1.807, 2.05) is 12.1 Å². The van der Waals surface area contributed by atoms with Crippen molar-refractivity contribution in [2.45, 2.75) is 19.1 Å². The van der Waals surface area contributed by atoms with E-state index >= 15 is 0 Å². The number of halogens is 1. The van der Waals surface area contributed by atoms with E-state index < -0.39 is 9.84 Å². The molecule has 1 aliphatic rings. The van der Waals surface area contributed by atoms with Gasteiger partial charge in [-0.05, 0) is 12.5 Å². The van der Waals surface area contributed by atoms with E-state index in [0.717, 1.165) is 12.1 Å². The minimum atomic E-state index is -2.97. The second kappa shape index (κ2) is 7.45. The van der Waals surface area contributed by atoms with Crippen molar-refractivity contribution < 1.29 is 17.9 Å². The van der Waals surface area contributed by atoms with Gasteiger partial charge in [0.25, 0.3) is 0 Å². The molecule has 1 unspecified atom stereocenters. The fourth-order valence-electron chi connectivity index (χ4n) is 2.24. The Hall–Kier alpha value is -0.820. The summed E-state index contributed by atoms with van der Waals surface area (Å²) in [5, 5.41) is 3.73. The summed E-state index contributed by atoms with van der Waals surface area (Å²) in [4.78, 5) is 0. The molecule has 1 aromatic carbocycles. The van der Waals surface area contributed by atoms with Crippen molar-refractivity contribution in [2.75, 3.05) is 31.8 Å². The first-order valence-electron chi connectivity index (χ1n) is 6.86. The predicted molar refractivity (Wildman–Crippen MR) is 82.7 cm³/mol. The maximum atomic E-state index is 11.5. The number of hydrogen-bond acceptors (Lipinski definition) is 5. The number of ether oxygens (including phenoxy) is 2. The minimum Gasteiger partial charge on any atom is -0.487 e. The molecule has 118 valence electrons. The first-order valence-corrected chi connectivity index (χ1v) is 9.06. The number of hydrogen-bond donors (Lipinski definition) is 1. The largest absolute Gasteiger partial charge is 0.487 e. The molecule has 1 aliphatic heterocycles. The third kappa shape index (κ3) is 4.85. The highest BCUT2D eigenvalue weighted by Crippen LogP contribution is 2.31. The zero-order valence-corrected chi connectivity index (χ0v) is 13.5. The van der Waals surface area contributed by atoms with Gasteiger partial charge in [0.15, 0.2) is 9.84 Å². The van der Waals surface area contributed by atoms with Gasteiger partial charge in [0.1, 0.15) is 11.9 Å². The summed E-state index contributed by atoms with van der Waals surface area (Å²) in [5.41, 5.74) is 0.919. The molecule has 1 fully saturated rings. The number of methoxy groups -OCH3 is 1. The molecule has 1 heterocycles. The minimum absolute atomic E-state index is 0.0643. The van der Waals surface area contributed by atoms with Gasteiger partial charge in [0.2, 0.25) is 0 Å². The predicted octanol–water partition coefficient (Wildman–Crippen LogP) is 1.64. The lowest BCUT2D eigenvalue weighted by atomic mass is 10.2. The average molecular weight is 334 g/mol. The van der Waals surface area contributed by atoms with Gasteiger partial charge in [-0.1, -0.05) is 23.7 Å². The second-order valence-corrected chi connectivity index (χ2v) is 7.68. The molecule has 0 radical (unpaired) electrons. The Morgan fingerprint density at radius 3 is 2.90 bits per heavy atom. The summed E-state index contributed by atoms with van der Waals surface area (Å²) in [5.74, 6) is 0.823. The van der Waals surface area contributed by atoms with Crippen molar-refractivity contribution in [2.24, 2.45) is 0 Å². The zero-order chi connectivity index (χ0) is 15.3. The molecule has 7 heteroatoms. The number of rotatable bonds is 7. The van der Waals surface area contributed by atoms with E-state index in [1.54, 1.807) is 13.2 Å².